The van der Waals surface area contributed by atoms with Gasteiger partial charge in [0.25, 0.3) is 0 Å². The lowest BCUT2D eigenvalue weighted by Gasteiger charge is -2.16. The average Bonchev–Trinajstić information content (AvgIpc) is 3.03. The first kappa shape index (κ1) is 15.1. The fourth-order valence-corrected chi connectivity index (χ4v) is 3.05. The predicted octanol–water partition coefficient (Wildman–Crippen LogP) is 3.02. The van der Waals surface area contributed by atoms with Crippen LogP contribution in [-0.4, -0.2) is 21.7 Å². The van der Waals surface area contributed by atoms with Crippen molar-refractivity contribution in [3.63, 3.8) is 0 Å². The smallest absolute Gasteiger partial charge is 0.123 e. The Morgan fingerprint density at radius 3 is 3.05 bits per heavy atom. The molecule has 2 heterocycles. The first-order valence-electron chi connectivity index (χ1n) is 7.99. The van der Waals surface area contributed by atoms with Crippen molar-refractivity contribution in [1.29, 1.82) is 0 Å². The number of hydrogen-bond acceptors (Lipinski definition) is 3. The van der Waals surface area contributed by atoms with Crippen molar-refractivity contribution in [3.8, 4) is 5.75 Å². The van der Waals surface area contributed by atoms with Gasteiger partial charge in [-0.25, -0.2) is 4.98 Å². The van der Waals surface area contributed by atoms with Crippen LogP contribution < -0.4 is 10.1 Å². The molecule has 1 aromatic carbocycles. The van der Waals surface area contributed by atoms with Gasteiger partial charge in [0.15, 0.2) is 0 Å². The second kappa shape index (κ2) is 6.13. The summed E-state index contributed by atoms with van der Waals surface area (Å²) >= 11 is 0. The molecule has 1 unspecified atom stereocenters. The lowest BCUT2D eigenvalue weighted by atomic mass is 10.0. The molecule has 0 bridgehead atoms. The molecule has 4 nitrogen and oxygen atoms in total. The molecule has 1 N–H and O–H groups in total. The number of rotatable bonds is 6. The topological polar surface area (TPSA) is 39.1 Å². The van der Waals surface area contributed by atoms with Gasteiger partial charge >= 0.3 is 0 Å². The molecule has 1 aliphatic heterocycles. The van der Waals surface area contributed by atoms with Gasteiger partial charge in [0.2, 0.25) is 0 Å². The van der Waals surface area contributed by atoms with Gasteiger partial charge in [-0.3, -0.25) is 0 Å². The molecule has 0 aliphatic carbocycles. The van der Waals surface area contributed by atoms with Gasteiger partial charge in [-0.15, -0.1) is 0 Å². The molecule has 4 heteroatoms. The van der Waals surface area contributed by atoms with E-state index in [4.69, 9.17) is 4.74 Å². The van der Waals surface area contributed by atoms with E-state index in [9.17, 15) is 0 Å². The summed E-state index contributed by atoms with van der Waals surface area (Å²) in [5, 5.41) is 3.55. The predicted molar refractivity (Wildman–Crippen MR) is 88.0 cm³/mol. The van der Waals surface area contributed by atoms with Crippen molar-refractivity contribution >= 4 is 0 Å². The summed E-state index contributed by atoms with van der Waals surface area (Å²) in [6.07, 6.45) is 6.71. The third-order valence-electron chi connectivity index (χ3n) is 4.03. The minimum absolute atomic E-state index is 0.0618. The lowest BCUT2D eigenvalue weighted by Crippen LogP contribution is -2.24. The maximum atomic E-state index is 5.92. The van der Waals surface area contributed by atoms with Gasteiger partial charge in [0, 0.05) is 31.9 Å². The third kappa shape index (κ3) is 3.69. The quantitative estimate of drug-likeness (QED) is 0.891. The van der Waals surface area contributed by atoms with E-state index in [1.165, 1.54) is 11.1 Å². The number of nitrogens with zero attached hydrogens (tertiary/aromatic N) is 2. The van der Waals surface area contributed by atoms with E-state index < -0.39 is 0 Å². The Morgan fingerprint density at radius 1 is 1.41 bits per heavy atom. The number of nitrogens with one attached hydrogen (secondary N) is 1. The van der Waals surface area contributed by atoms with Crippen LogP contribution in [0.5, 0.6) is 5.75 Å². The molecule has 1 aromatic heterocycles. The highest BCUT2D eigenvalue weighted by Crippen LogP contribution is 2.35. The number of hydrogen-bond donors (Lipinski definition) is 1. The number of imidazole rings is 1. The van der Waals surface area contributed by atoms with Crippen LogP contribution in [0, 0.1) is 5.92 Å². The van der Waals surface area contributed by atoms with Gasteiger partial charge in [0.05, 0.1) is 6.33 Å². The molecule has 2 aromatic rings. The van der Waals surface area contributed by atoms with Gasteiger partial charge in [-0.1, -0.05) is 19.1 Å². The zero-order valence-corrected chi connectivity index (χ0v) is 13.7. The summed E-state index contributed by atoms with van der Waals surface area (Å²) < 4.78 is 8.05. The molecule has 0 radical (unpaired) electrons. The van der Waals surface area contributed by atoms with Crippen molar-refractivity contribution in [3.05, 3.63) is 48.0 Å². The monoisotopic (exact) mass is 299 g/mol. The molecule has 0 amide bonds. The number of aromatic nitrogens is 2. The lowest BCUT2D eigenvalue weighted by molar-refractivity contribution is 0.138. The Hall–Kier alpha value is -1.81. The van der Waals surface area contributed by atoms with Crippen molar-refractivity contribution in [1.82, 2.24) is 14.9 Å². The molecule has 0 spiro atoms. The van der Waals surface area contributed by atoms with E-state index in [-0.39, 0.29) is 5.60 Å². The van der Waals surface area contributed by atoms with Crippen molar-refractivity contribution < 1.29 is 4.74 Å². The minimum Gasteiger partial charge on any atom is -0.487 e. The van der Waals surface area contributed by atoms with E-state index in [0.717, 1.165) is 31.8 Å². The Kier molecular flexibility index (Phi) is 4.21. The number of fused-ring (bicyclic) bond motifs is 1. The van der Waals surface area contributed by atoms with Crippen molar-refractivity contribution in [2.75, 3.05) is 6.54 Å². The highest BCUT2D eigenvalue weighted by molar-refractivity contribution is 5.41. The first-order valence-corrected chi connectivity index (χ1v) is 7.99. The molecule has 1 aliphatic rings. The Morgan fingerprint density at radius 2 is 2.27 bits per heavy atom. The van der Waals surface area contributed by atoms with E-state index in [1.807, 2.05) is 18.7 Å². The van der Waals surface area contributed by atoms with Crippen LogP contribution in [0.3, 0.4) is 0 Å². The molecule has 0 saturated carbocycles. The van der Waals surface area contributed by atoms with Gasteiger partial charge in [0.1, 0.15) is 11.4 Å². The molecule has 0 fully saturated rings. The fraction of sp³-hybridized carbons (Fsp3) is 0.500. The summed E-state index contributed by atoms with van der Waals surface area (Å²) in [5.74, 6) is 1.62. The molecule has 0 saturated heterocycles. The maximum Gasteiger partial charge on any atom is 0.123 e. The second-order valence-corrected chi connectivity index (χ2v) is 6.98. The van der Waals surface area contributed by atoms with Crippen LogP contribution in [0.4, 0.5) is 0 Å². The molecule has 118 valence electrons. The minimum atomic E-state index is -0.0618. The average molecular weight is 299 g/mol. The zero-order chi connectivity index (χ0) is 15.6. The SMILES string of the molecule is CC(CNCc1ccc2c(c1)CC(C)(C)O2)Cn1ccnc1. The highest BCUT2D eigenvalue weighted by Gasteiger charge is 2.29. The van der Waals surface area contributed by atoms with Crippen LogP contribution in [-0.2, 0) is 19.5 Å². The summed E-state index contributed by atoms with van der Waals surface area (Å²) in [7, 11) is 0. The summed E-state index contributed by atoms with van der Waals surface area (Å²) in [4.78, 5) is 4.08. The van der Waals surface area contributed by atoms with E-state index in [2.05, 4.69) is 53.8 Å². The van der Waals surface area contributed by atoms with E-state index in [0.29, 0.717) is 5.92 Å². The number of benzene rings is 1. The normalized spacial score (nSPS) is 17.0. The van der Waals surface area contributed by atoms with Gasteiger partial charge in [-0.05, 0) is 43.5 Å². The van der Waals surface area contributed by atoms with Crippen LogP contribution in [0.15, 0.2) is 36.9 Å². The van der Waals surface area contributed by atoms with Crippen LogP contribution in [0.25, 0.3) is 0 Å². The first-order chi connectivity index (χ1) is 10.5. The van der Waals surface area contributed by atoms with Crippen LogP contribution in [0.2, 0.25) is 0 Å². The van der Waals surface area contributed by atoms with Crippen LogP contribution >= 0.6 is 0 Å². The molecule has 3 rings (SSSR count). The fourth-order valence-electron chi connectivity index (χ4n) is 3.05. The van der Waals surface area contributed by atoms with E-state index in [1.54, 1.807) is 0 Å². The Labute approximate surface area is 132 Å². The number of ether oxygens (including phenoxy) is 1. The second-order valence-electron chi connectivity index (χ2n) is 6.98. The molecule has 22 heavy (non-hydrogen) atoms. The summed E-state index contributed by atoms with van der Waals surface area (Å²) in [6, 6.07) is 6.54. The highest BCUT2D eigenvalue weighted by atomic mass is 16.5. The van der Waals surface area contributed by atoms with Gasteiger partial charge in [-0.2, -0.15) is 0 Å². The van der Waals surface area contributed by atoms with E-state index >= 15 is 0 Å². The molecular formula is C18H25N3O. The molecule has 1 atom stereocenters. The van der Waals surface area contributed by atoms with Crippen molar-refractivity contribution in [2.24, 2.45) is 5.92 Å². The van der Waals surface area contributed by atoms with Crippen LogP contribution in [0.1, 0.15) is 31.9 Å². The Bertz CT molecular complexity index is 619. The largest absolute Gasteiger partial charge is 0.487 e. The third-order valence-corrected chi connectivity index (χ3v) is 4.03. The zero-order valence-electron chi connectivity index (χ0n) is 13.7. The maximum absolute atomic E-state index is 5.92. The summed E-state index contributed by atoms with van der Waals surface area (Å²) in [5.41, 5.74) is 2.60. The van der Waals surface area contributed by atoms with Gasteiger partial charge < -0.3 is 14.6 Å². The summed E-state index contributed by atoms with van der Waals surface area (Å²) in [6.45, 7) is 9.44. The standard InChI is InChI=1S/C18H25N3O/c1-14(12-21-7-6-19-13-21)10-20-11-15-4-5-17-16(8-15)9-18(2,3)22-17/h4-8,13-14,20H,9-12H2,1-3H3. The van der Waals surface area contributed by atoms with Crippen molar-refractivity contribution in [2.45, 2.75) is 45.9 Å². The molecular weight excluding hydrogens is 274 g/mol. The Balaban J connectivity index is 1.48.